The number of aromatic nitrogens is 1. The fourth-order valence-corrected chi connectivity index (χ4v) is 2.32. The SMILES string of the molecule is Cc1ccc(Sc2ncc(C(=O)O)cc2[N+](=O)[O-])cc1. The molecule has 7 heteroatoms. The van der Waals surface area contributed by atoms with Crippen molar-refractivity contribution in [2.75, 3.05) is 0 Å². The molecule has 0 bridgehead atoms. The van der Waals surface area contributed by atoms with Crippen molar-refractivity contribution >= 4 is 23.4 Å². The summed E-state index contributed by atoms with van der Waals surface area (Å²) in [7, 11) is 0. The van der Waals surface area contributed by atoms with Gasteiger partial charge >= 0.3 is 11.7 Å². The molecule has 0 aliphatic carbocycles. The number of aromatic carboxylic acids is 1. The Kier molecular flexibility index (Phi) is 3.99. The summed E-state index contributed by atoms with van der Waals surface area (Å²) in [6, 6.07) is 8.46. The lowest BCUT2D eigenvalue weighted by Gasteiger charge is -2.03. The minimum absolute atomic E-state index is 0.170. The number of hydrogen-bond acceptors (Lipinski definition) is 5. The van der Waals surface area contributed by atoms with Crippen LogP contribution in [0.3, 0.4) is 0 Å². The summed E-state index contributed by atoms with van der Waals surface area (Å²) in [4.78, 5) is 25.9. The molecule has 0 fully saturated rings. The Morgan fingerprint density at radius 1 is 1.35 bits per heavy atom. The van der Waals surface area contributed by atoms with Gasteiger partial charge in [-0.1, -0.05) is 29.5 Å². The monoisotopic (exact) mass is 290 g/mol. The summed E-state index contributed by atoms with van der Waals surface area (Å²) < 4.78 is 0. The van der Waals surface area contributed by atoms with Gasteiger partial charge in [-0.15, -0.1) is 0 Å². The Hall–Kier alpha value is -2.41. The number of benzene rings is 1. The van der Waals surface area contributed by atoms with Gasteiger partial charge in [0.25, 0.3) is 0 Å². The molecule has 0 saturated heterocycles. The largest absolute Gasteiger partial charge is 0.478 e. The van der Waals surface area contributed by atoms with Crippen molar-refractivity contribution in [3.8, 4) is 0 Å². The molecule has 0 saturated carbocycles. The smallest absolute Gasteiger partial charge is 0.337 e. The third kappa shape index (κ3) is 3.12. The molecule has 0 aliphatic rings. The highest BCUT2D eigenvalue weighted by atomic mass is 32.2. The van der Waals surface area contributed by atoms with Crippen LogP contribution < -0.4 is 0 Å². The number of carbonyl (C=O) groups is 1. The van der Waals surface area contributed by atoms with Gasteiger partial charge in [0.2, 0.25) is 0 Å². The number of carboxylic acids is 1. The van der Waals surface area contributed by atoms with Crippen molar-refractivity contribution in [1.82, 2.24) is 4.98 Å². The fraction of sp³-hybridized carbons (Fsp3) is 0.0769. The number of rotatable bonds is 4. The van der Waals surface area contributed by atoms with E-state index in [9.17, 15) is 14.9 Å². The maximum absolute atomic E-state index is 11.0. The van der Waals surface area contributed by atoms with Gasteiger partial charge in [0.05, 0.1) is 10.5 Å². The van der Waals surface area contributed by atoms with Crippen LogP contribution in [0.4, 0.5) is 5.69 Å². The Morgan fingerprint density at radius 3 is 2.55 bits per heavy atom. The van der Waals surface area contributed by atoms with Gasteiger partial charge in [0, 0.05) is 17.2 Å². The number of aryl methyl sites for hydroxylation is 1. The first-order valence-electron chi connectivity index (χ1n) is 5.59. The molecule has 0 aliphatic heterocycles. The predicted molar refractivity (Wildman–Crippen MR) is 73.2 cm³/mol. The highest BCUT2D eigenvalue weighted by Crippen LogP contribution is 2.33. The molecule has 0 atom stereocenters. The second-order valence-electron chi connectivity index (χ2n) is 4.03. The molecular formula is C13H10N2O4S. The van der Waals surface area contributed by atoms with Crippen LogP contribution in [-0.2, 0) is 0 Å². The summed E-state index contributed by atoms with van der Waals surface area (Å²) >= 11 is 1.13. The summed E-state index contributed by atoms with van der Waals surface area (Å²) in [5, 5.41) is 20.0. The number of hydrogen-bond donors (Lipinski definition) is 1. The van der Waals surface area contributed by atoms with Gasteiger partial charge in [-0.05, 0) is 19.1 Å². The van der Waals surface area contributed by atoms with Gasteiger partial charge in [0.15, 0.2) is 5.03 Å². The van der Waals surface area contributed by atoms with Crippen LogP contribution in [0.15, 0.2) is 46.5 Å². The van der Waals surface area contributed by atoms with Gasteiger partial charge in [-0.25, -0.2) is 9.78 Å². The molecule has 0 unspecified atom stereocenters. The summed E-state index contributed by atoms with van der Waals surface area (Å²) in [6.45, 7) is 1.94. The first kappa shape index (κ1) is 14.0. The quantitative estimate of drug-likeness (QED) is 0.686. The first-order chi connectivity index (χ1) is 9.47. The van der Waals surface area contributed by atoms with Crippen molar-refractivity contribution in [3.05, 3.63) is 57.8 Å². The Bertz CT molecular complexity index is 671. The van der Waals surface area contributed by atoms with Crippen LogP contribution in [0.5, 0.6) is 0 Å². The lowest BCUT2D eigenvalue weighted by Crippen LogP contribution is -2.01. The average Bonchev–Trinajstić information content (AvgIpc) is 2.41. The zero-order valence-electron chi connectivity index (χ0n) is 10.4. The summed E-state index contributed by atoms with van der Waals surface area (Å²) in [5.74, 6) is -1.24. The van der Waals surface area contributed by atoms with Gasteiger partial charge in [0.1, 0.15) is 0 Å². The van der Waals surface area contributed by atoms with Crippen molar-refractivity contribution in [1.29, 1.82) is 0 Å². The van der Waals surface area contributed by atoms with Gasteiger partial charge in [-0.3, -0.25) is 10.1 Å². The van der Waals surface area contributed by atoms with E-state index < -0.39 is 10.9 Å². The molecule has 2 rings (SSSR count). The van der Waals surface area contributed by atoms with E-state index in [2.05, 4.69) is 4.98 Å². The van der Waals surface area contributed by atoms with E-state index in [-0.39, 0.29) is 16.3 Å². The second-order valence-corrected chi connectivity index (χ2v) is 5.09. The van der Waals surface area contributed by atoms with E-state index in [1.807, 2.05) is 31.2 Å². The molecule has 0 amide bonds. The van der Waals surface area contributed by atoms with Crippen LogP contribution >= 0.6 is 11.8 Å². The third-order valence-corrected chi connectivity index (χ3v) is 3.53. The molecule has 0 spiro atoms. The molecule has 1 heterocycles. The third-order valence-electron chi connectivity index (χ3n) is 2.51. The molecule has 0 radical (unpaired) electrons. The van der Waals surface area contributed by atoms with Gasteiger partial charge < -0.3 is 5.11 Å². The highest BCUT2D eigenvalue weighted by molar-refractivity contribution is 7.99. The number of carboxylic acid groups (broad SMARTS) is 1. The molecule has 102 valence electrons. The summed E-state index contributed by atoms with van der Waals surface area (Å²) in [6.07, 6.45) is 1.12. The highest BCUT2D eigenvalue weighted by Gasteiger charge is 2.19. The molecule has 1 N–H and O–H groups in total. The number of nitro groups is 1. The van der Waals surface area contributed by atoms with Crippen LogP contribution in [0.1, 0.15) is 15.9 Å². The minimum atomic E-state index is -1.24. The number of nitrogens with zero attached hydrogens (tertiary/aromatic N) is 2. The van der Waals surface area contributed by atoms with Crippen molar-refractivity contribution in [2.45, 2.75) is 16.8 Å². The first-order valence-corrected chi connectivity index (χ1v) is 6.41. The van der Waals surface area contributed by atoms with Crippen LogP contribution in [-0.4, -0.2) is 21.0 Å². The topological polar surface area (TPSA) is 93.3 Å². The Morgan fingerprint density at radius 2 is 2.00 bits per heavy atom. The van der Waals surface area contributed by atoms with Crippen molar-refractivity contribution in [2.24, 2.45) is 0 Å². The molecule has 6 nitrogen and oxygen atoms in total. The van der Waals surface area contributed by atoms with E-state index >= 15 is 0 Å². The lowest BCUT2D eigenvalue weighted by atomic mass is 10.2. The molecule has 1 aromatic heterocycles. The Balaban J connectivity index is 2.38. The standard InChI is InChI=1S/C13H10N2O4S/c1-8-2-4-10(5-3-8)20-12-11(15(18)19)6-9(7-14-12)13(16)17/h2-7H,1H3,(H,16,17). The van der Waals surface area contributed by atoms with Crippen molar-refractivity contribution < 1.29 is 14.8 Å². The minimum Gasteiger partial charge on any atom is -0.478 e. The zero-order chi connectivity index (χ0) is 14.7. The molecule has 1 aromatic carbocycles. The van der Waals surface area contributed by atoms with E-state index in [0.29, 0.717) is 0 Å². The van der Waals surface area contributed by atoms with Crippen LogP contribution in [0.25, 0.3) is 0 Å². The second kappa shape index (κ2) is 5.70. The van der Waals surface area contributed by atoms with Crippen LogP contribution in [0.2, 0.25) is 0 Å². The van der Waals surface area contributed by atoms with Gasteiger partial charge in [-0.2, -0.15) is 0 Å². The van der Waals surface area contributed by atoms with E-state index in [4.69, 9.17) is 5.11 Å². The van der Waals surface area contributed by atoms with E-state index in [1.165, 1.54) is 0 Å². The maximum Gasteiger partial charge on any atom is 0.337 e. The average molecular weight is 290 g/mol. The molecule has 2 aromatic rings. The van der Waals surface area contributed by atoms with Crippen LogP contribution in [0, 0.1) is 17.0 Å². The van der Waals surface area contributed by atoms with Crippen molar-refractivity contribution in [3.63, 3.8) is 0 Å². The number of pyridine rings is 1. The molecular weight excluding hydrogens is 280 g/mol. The molecule has 20 heavy (non-hydrogen) atoms. The zero-order valence-corrected chi connectivity index (χ0v) is 11.3. The predicted octanol–water partition coefficient (Wildman–Crippen LogP) is 3.15. The summed E-state index contributed by atoms with van der Waals surface area (Å²) in [5.41, 5.74) is 0.568. The van der Waals surface area contributed by atoms with E-state index in [1.54, 1.807) is 0 Å². The normalized spacial score (nSPS) is 10.2. The van der Waals surface area contributed by atoms with E-state index in [0.717, 1.165) is 34.5 Å². The Labute approximate surface area is 118 Å². The lowest BCUT2D eigenvalue weighted by molar-refractivity contribution is -0.388. The maximum atomic E-state index is 11.0. The fourth-order valence-electron chi connectivity index (χ4n) is 1.48.